The number of carboxylic acids is 1. The number of oxazole rings is 1. The monoisotopic (exact) mass is 365 g/mol. The van der Waals surface area contributed by atoms with Crippen LogP contribution in [-0.4, -0.2) is 22.7 Å². The van der Waals surface area contributed by atoms with Gasteiger partial charge in [0.15, 0.2) is 0 Å². The van der Waals surface area contributed by atoms with E-state index < -0.39 is 5.97 Å². The molecule has 0 amide bonds. The fourth-order valence-corrected chi connectivity index (χ4v) is 2.54. The maximum atomic E-state index is 10.9. The third-order valence-corrected chi connectivity index (χ3v) is 3.68. The normalized spacial score (nSPS) is 10.5. The molecule has 0 aliphatic carbocycles. The Labute approximate surface area is 115 Å². The third-order valence-electron chi connectivity index (χ3n) is 1.89. The number of ether oxygens (including phenoxy) is 1. The molecule has 2 heterocycles. The second-order valence-corrected chi connectivity index (χ2v) is 5.84. The molecule has 2 aromatic rings. The average molecular weight is 365 g/mol. The molecule has 0 fully saturated rings. The second kappa shape index (κ2) is 5.05. The summed E-state index contributed by atoms with van der Waals surface area (Å²) in [5.74, 6) is -0.936. The molecule has 0 spiro atoms. The molecule has 1 N–H and O–H groups in total. The first kappa shape index (κ1) is 12.4. The zero-order chi connectivity index (χ0) is 12.4. The first-order chi connectivity index (χ1) is 8.11. The predicted octanol–water partition coefficient (Wildman–Crippen LogP) is 3.10. The number of nitrogens with zero attached hydrogens (tertiary/aromatic N) is 1. The molecule has 17 heavy (non-hydrogen) atoms. The van der Waals surface area contributed by atoms with Gasteiger partial charge in [-0.2, -0.15) is 4.98 Å². The molecule has 0 aromatic carbocycles. The minimum Gasteiger partial charge on any atom is -0.476 e. The highest BCUT2D eigenvalue weighted by Crippen LogP contribution is 2.30. The van der Waals surface area contributed by atoms with Gasteiger partial charge in [0, 0.05) is 10.9 Å². The molecule has 0 unspecified atom stereocenters. The van der Waals surface area contributed by atoms with E-state index in [0.29, 0.717) is 6.61 Å². The van der Waals surface area contributed by atoms with E-state index in [1.54, 1.807) is 6.92 Å². The van der Waals surface area contributed by atoms with Crippen molar-refractivity contribution in [2.75, 3.05) is 6.61 Å². The lowest BCUT2D eigenvalue weighted by atomic mass is 10.3. The van der Waals surface area contributed by atoms with Crippen LogP contribution in [-0.2, 0) is 0 Å². The van der Waals surface area contributed by atoms with Crippen molar-refractivity contribution >= 4 is 39.9 Å². The van der Waals surface area contributed by atoms with Gasteiger partial charge in [0.05, 0.1) is 9.49 Å². The van der Waals surface area contributed by atoms with Crippen molar-refractivity contribution in [3.63, 3.8) is 0 Å². The fraction of sp³-hybridized carbons (Fsp3) is 0.200. The minimum atomic E-state index is -1.16. The zero-order valence-corrected chi connectivity index (χ0v) is 11.7. The number of carbonyl (C=O) groups is 1. The Morgan fingerprint density at radius 1 is 1.71 bits per heavy atom. The average Bonchev–Trinajstić information content (AvgIpc) is 2.85. The lowest BCUT2D eigenvalue weighted by Crippen LogP contribution is -2.01. The lowest BCUT2D eigenvalue weighted by Gasteiger charge is -1.96. The topological polar surface area (TPSA) is 72.6 Å². The number of aromatic carboxylic acids is 1. The molecule has 2 aromatic heterocycles. The molecule has 0 saturated carbocycles. The first-order valence-electron chi connectivity index (χ1n) is 4.73. The molecule has 2 rings (SSSR count). The van der Waals surface area contributed by atoms with E-state index in [1.165, 1.54) is 11.3 Å². The summed E-state index contributed by atoms with van der Waals surface area (Å²) in [5, 5.41) is 10.8. The van der Waals surface area contributed by atoms with E-state index in [1.807, 2.05) is 11.4 Å². The number of thiophene rings is 1. The summed E-state index contributed by atoms with van der Waals surface area (Å²) in [6.07, 6.45) is 0. The summed E-state index contributed by atoms with van der Waals surface area (Å²) in [4.78, 5) is 14.9. The molecule has 0 saturated heterocycles. The van der Waals surface area contributed by atoms with Crippen LogP contribution < -0.4 is 4.74 Å². The fourth-order valence-electron chi connectivity index (χ4n) is 1.22. The molecular weight excluding hydrogens is 357 g/mol. The highest BCUT2D eigenvalue weighted by atomic mass is 127. The number of rotatable bonds is 4. The predicted molar refractivity (Wildman–Crippen MR) is 70.7 cm³/mol. The van der Waals surface area contributed by atoms with Crippen LogP contribution in [0.1, 0.15) is 17.4 Å². The van der Waals surface area contributed by atoms with E-state index in [4.69, 9.17) is 14.3 Å². The smallest absolute Gasteiger partial charge is 0.362 e. The second-order valence-electron chi connectivity index (χ2n) is 3.03. The quantitative estimate of drug-likeness (QED) is 0.843. The number of hydrogen-bond donors (Lipinski definition) is 1. The Balaban J connectivity index is 2.43. The molecule has 90 valence electrons. The summed E-state index contributed by atoms with van der Waals surface area (Å²) in [6, 6.07) is 1.87. The number of hydrogen-bond acceptors (Lipinski definition) is 5. The van der Waals surface area contributed by atoms with Crippen LogP contribution in [0.4, 0.5) is 0 Å². The van der Waals surface area contributed by atoms with Gasteiger partial charge in [0.25, 0.3) is 0 Å². The van der Waals surface area contributed by atoms with Crippen LogP contribution in [0.3, 0.4) is 0 Å². The zero-order valence-electron chi connectivity index (χ0n) is 8.77. The van der Waals surface area contributed by atoms with E-state index in [9.17, 15) is 4.79 Å². The molecule has 5 nitrogen and oxygen atoms in total. The Morgan fingerprint density at radius 3 is 3.00 bits per heavy atom. The molecular formula is C10H8INO4S. The SMILES string of the molecule is CCOc1oc(-c2csc(I)c2)nc1C(=O)O. The summed E-state index contributed by atoms with van der Waals surface area (Å²) >= 11 is 3.71. The van der Waals surface area contributed by atoms with Gasteiger partial charge in [-0.1, -0.05) is 0 Å². The van der Waals surface area contributed by atoms with Gasteiger partial charge in [-0.3, -0.25) is 0 Å². The van der Waals surface area contributed by atoms with Gasteiger partial charge in [0.1, 0.15) is 0 Å². The molecule has 0 radical (unpaired) electrons. The summed E-state index contributed by atoms with van der Waals surface area (Å²) in [7, 11) is 0. The maximum absolute atomic E-state index is 10.9. The molecule has 0 atom stereocenters. The summed E-state index contributed by atoms with van der Waals surface area (Å²) in [6.45, 7) is 2.08. The van der Waals surface area contributed by atoms with Gasteiger partial charge in [-0.05, 0) is 35.6 Å². The third kappa shape index (κ3) is 2.60. The van der Waals surface area contributed by atoms with Crippen molar-refractivity contribution in [1.82, 2.24) is 4.98 Å². The van der Waals surface area contributed by atoms with Gasteiger partial charge >= 0.3 is 11.9 Å². The van der Waals surface area contributed by atoms with Crippen LogP contribution in [0.5, 0.6) is 5.95 Å². The van der Waals surface area contributed by atoms with Crippen LogP contribution in [0.15, 0.2) is 15.9 Å². The van der Waals surface area contributed by atoms with Gasteiger partial charge < -0.3 is 14.3 Å². The van der Waals surface area contributed by atoms with E-state index in [-0.39, 0.29) is 17.5 Å². The van der Waals surface area contributed by atoms with Crippen molar-refractivity contribution in [2.45, 2.75) is 6.92 Å². The first-order valence-corrected chi connectivity index (χ1v) is 6.69. The summed E-state index contributed by atoms with van der Waals surface area (Å²) in [5.41, 5.74) is 0.566. The van der Waals surface area contributed by atoms with E-state index >= 15 is 0 Å². The van der Waals surface area contributed by atoms with Crippen LogP contribution in [0, 0.1) is 2.88 Å². The van der Waals surface area contributed by atoms with Crippen LogP contribution >= 0.6 is 33.9 Å². The van der Waals surface area contributed by atoms with Gasteiger partial charge in [0.2, 0.25) is 11.6 Å². The molecule has 0 aliphatic heterocycles. The Kier molecular flexibility index (Phi) is 3.67. The maximum Gasteiger partial charge on any atom is 0.362 e. The highest BCUT2D eigenvalue weighted by molar-refractivity contribution is 14.1. The van der Waals surface area contributed by atoms with Crippen molar-refractivity contribution in [2.24, 2.45) is 0 Å². The molecule has 0 aliphatic rings. The van der Waals surface area contributed by atoms with E-state index in [0.717, 1.165) is 8.45 Å². The van der Waals surface area contributed by atoms with Crippen molar-refractivity contribution in [1.29, 1.82) is 0 Å². The minimum absolute atomic E-state index is 0.0452. The Morgan fingerprint density at radius 2 is 2.47 bits per heavy atom. The Hall–Kier alpha value is -1.09. The number of aromatic nitrogens is 1. The van der Waals surface area contributed by atoms with Crippen molar-refractivity contribution in [3.8, 4) is 17.4 Å². The largest absolute Gasteiger partial charge is 0.476 e. The summed E-state index contributed by atoms with van der Waals surface area (Å²) < 4.78 is 11.5. The van der Waals surface area contributed by atoms with Crippen molar-refractivity contribution < 1.29 is 19.1 Å². The number of halogens is 1. The standard InChI is InChI=1S/C10H8INO4S/c1-2-15-10-7(9(13)14)12-8(16-10)5-3-6(11)17-4-5/h3-4H,2H2,1H3,(H,13,14). The molecule has 7 heteroatoms. The van der Waals surface area contributed by atoms with Crippen molar-refractivity contribution in [3.05, 3.63) is 20.0 Å². The molecule has 0 bridgehead atoms. The highest BCUT2D eigenvalue weighted by Gasteiger charge is 2.22. The van der Waals surface area contributed by atoms with E-state index in [2.05, 4.69) is 27.6 Å². The lowest BCUT2D eigenvalue weighted by molar-refractivity contribution is 0.0683. The Bertz CT molecular complexity index is 548. The van der Waals surface area contributed by atoms with Gasteiger partial charge in [-0.25, -0.2) is 4.79 Å². The number of carboxylic acid groups (broad SMARTS) is 1. The van der Waals surface area contributed by atoms with Crippen LogP contribution in [0.2, 0.25) is 0 Å². The van der Waals surface area contributed by atoms with Crippen LogP contribution in [0.25, 0.3) is 11.5 Å². The van der Waals surface area contributed by atoms with Gasteiger partial charge in [-0.15, -0.1) is 11.3 Å².